The number of hydrogen-bond acceptors (Lipinski definition) is 3. The summed E-state index contributed by atoms with van der Waals surface area (Å²) < 4.78 is 13.2. The molecule has 0 heterocycles. The molecule has 4 heteroatoms. The van der Waals surface area contributed by atoms with E-state index in [0.29, 0.717) is 11.6 Å². The summed E-state index contributed by atoms with van der Waals surface area (Å²) in [6.45, 7) is 8.26. The third kappa shape index (κ3) is 5.47. The Balaban J connectivity index is 2.30. The Kier molecular flexibility index (Phi) is 6.96. The SMILES string of the molecule is CC(NCCCCN(C)C(C)C)c1cc(F)ccc1O. The van der Waals surface area contributed by atoms with Crippen LogP contribution in [0.5, 0.6) is 5.75 Å². The predicted octanol–water partition coefficient (Wildman–Crippen LogP) is 3.30. The third-order valence-corrected chi connectivity index (χ3v) is 3.73. The zero-order chi connectivity index (χ0) is 15.1. The van der Waals surface area contributed by atoms with Gasteiger partial charge in [-0.05, 0) is 71.9 Å². The second-order valence-electron chi connectivity index (χ2n) is 5.66. The van der Waals surface area contributed by atoms with Crippen LogP contribution in [0.15, 0.2) is 18.2 Å². The standard InChI is InChI=1S/C16H27FN2O/c1-12(2)19(4)10-6-5-9-18-13(3)15-11-14(17)7-8-16(15)20/h7-8,11-13,18,20H,5-6,9-10H2,1-4H3. The summed E-state index contributed by atoms with van der Waals surface area (Å²) >= 11 is 0. The molecule has 0 aliphatic heterocycles. The van der Waals surface area contributed by atoms with Crippen LogP contribution in [0, 0.1) is 5.82 Å². The quantitative estimate of drug-likeness (QED) is 0.718. The predicted molar refractivity (Wildman–Crippen MR) is 81.5 cm³/mol. The number of phenolic OH excluding ortho intramolecular Hbond substituents is 1. The van der Waals surface area contributed by atoms with E-state index in [0.717, 1.165) is 25.9 Å². The first-order chi connectivity index (χ1) is 9.41. The maximum Gasteiger partial charge on any atom is 0.123 e. The molecule has 1 rings (SSSR count). The highest BCUT2D eigenvalue weighted by Gasteiger charge is 2.10. The van der Waals surface area contributed by atoms with Gasteiger partial charge in [0.1, 0.15) is 11.6 Å². The fourth-order valence-corrected chi connectivity index (χ4v) is 2.05. The third-order valence-electron chi connectivity index (χ3n) is 3.73. The minimum Gasteiger partial charge on any atom is -0.508 e. The number of rotatable bonds is 8. The molecular formula is C16H27FN2O. The Morgan fingerprint density at radius 3 is 2.60 bits per heavy atom. The lowest BCUT2D eigenvalue weighted by Crippen LogP contribution is -2.28. The van der Waals surface area contributed by atoms with Gasteiger partial charge in [0.25, 0.3) is 0 Å². The van der Waals surface area contributed by atoms with Crippen molar-refractivity contribution in [3.05, 3.63) is 29.6 Å². The number of hydrogen-bond donors (Lipinski definition) is 2. The number of nitrogens with zero attached hydrogens (tertiary/aromatic N) is 1. The summed E-state index contributed by atoms with van der Waals surface area (Å²) in [5.74, 6) is -0.170. The van der Waals surface area contributed by atoms with E-state index in [1.54, 1.807) is 0 Å². The van der Waals surface area contributed by atoms with Gasteiger partial charge in [-0.25, -0.2) is 4.39 Å². The zero-order valence-electron chi connectivity index (χ0n) is 13.0. The van der Waals surface area contributed by atoms with Gasteiger partial charge in [-0.15, -0.1) is 0 Å². The lowest BCUT2D eigenvalue weighted by atomic mass is 10.1. The van der Waals surface area contributed by atoms with E-state index in [9.17, 15) is 9.50 Å². The second-order valence-corrected chi connectivity index (χ2v) is 5.66. The molecular weight excluding hydrogens is 255 g/mol. The van der Waals surface area contributed by atoms with Crippen molar-refractivity contribution in [2.45, 2.75) is 45.7 Å². The van der Waals surface area contributed by atoms with Crippen LogP contribution in [-0.4, -0.2) is 36.2 Å². The molecule has 0 aliphatic carbocycles. The van der Waals surface area contributed by atoms with Crippen molar-refractivity contribution in [1.29, 1.82) is 0 Å². The molecule has 1 unspecified atom stereocenters. The van der Waals surface area contributed by atoms with Crippen molar-refractivity contribution in [3.63, 3.8) is 0 Å². The molecule has 20 heavy (non-hydrogen) atoms. The highest BCUT2D eigenvalue weighted by atomic mass is 19.1. The summed E-state index contributed by atoms with van der Waals surface area (Å²) in [7, 11) is 2.13. The first-order valence-corrected chi connectivity index (χ1v) is 7.34. The summed E-state index contributed by atoms with van der Waals surface area (Å²) in [5, 5.41) is 13.1. The molecule has 0 spiro atoms. The second kappa shape index (κ2) is 8.22. The maximum absolute atomic E-state index is 13.2. The average molecular weight is 282 g/mol. The van der Waals surface area contributed by atoms with E-state index in [1.807, 2.05) is 6.92 Å². The van der Waals surface area contributed by atoms with E-state index in [2.05, 4.69) is 31.1 Å². The highest BCUT2D eigenvalue weighted by molar-refractivity contribution is 5.34. The van der Waals surface area contributed by atoms with Crippen LogP contribution < -0.4 is 5.32 Å². The molecule has 2 N–H and O–H groups in total. The summed E-state index contributed by atoms with van der Waals surface area (Å²) in [6.07, 6.45) is 2.20. The van der Waals surface area contributed by atoms with Crippen molar-refractivity contribution >= 4 is 0 Å². The van der Waals surface area contributed by atoms with Gasteiger partial charge >= 0.3 is 0 Å². The summed E-state index contributed by atoms with van der Waals surface area (Å²) in [6, 6.07) is 4.59. The van der Waals surface area contributed by atoms with E-state index in [1.165, 1.54) is 18.2 Å². The van der Waals surface area contributed by atoms with E-state index < -0.39 is 0 Å². The minimum atomic E-state index is -0.315. The molecule has 1 atom stereocenters. The number of aromatic hydroxyl groups is 1. The Bertz CT molecular complexity index is 409. The fourth-order valence-electron chi connectivity index (χ4n) is 2.05. The van der Waals surface area contributed by atoms with Gasteiger partial charge < -0.3 is 15.3 Å². The molecule has 0 fully saturated rings. The Morgan fingerprint density at radius 2 is 1.95 bits per heavy atom. The number of unbranched alkanes of at least 4 members (excludes halogenated alkanes) is 1. The molecule has 1 aromatic carbocycles. The van der Waals surface area contributed by atoms with Crippen LogP contribution in [0.4, 0.5) is 4.39 Å². The molecule has 0 radical (unpaired) electrons. The summed E-state index contributed by atoms with van der Waals surface area (Å²) in [4.78, 5) is 2.32. The average Bonchev–Trinajstić information content (AvgIpc) is 2.40. The molecule has 0 saturated heterocycles. The molecule has 114 valence electrons. The highest BCUT2D eigenvalue weighted by Crippen LogP contribution is 2.24. The van der Waals surface area contributed by atoms with Crippen molar-refractivity contribution in [2.24, 2.45) is 0 Å². The monoisotopic (exact) mass is 282 g/mol. The normalized spacial score (nSPS) is 13.2. The lowest BCUT2D eigenvalue weighted by Gasteiger charge is -2.21. The largest absolute Gasteiger partial charge is 0.508 e. The number of nitrogens with one attached hydrogen (secondary N) is 1. The van der Waals surface area contributed by atoms with Gasteiger partial charge in [0, 0.05) is 17.6 Å². The van der Waals surface area contributed by atoms with Crippen molar-refractivity contribution < 1.29 is 9.50 Å². The first-order valence-electron chi connectivity index (χ1n) is 7.34. The maximum atomic E-state index is 13.2. The first kappa shape index (κ1) is 16.9. The Morgan fingerprint density at radius 1 is 1.25 bits per heavy atom. The molecule has 0 bridgehead atoms. The van der Waals surface area contributed by atoms with Crippen molar-refractivity contribution in [3.8, 4) is 5.75 Å². The fraction of sp³-hybridized carbons (Fsp3) is 0.625. The van der Waals surface area contributed by atoms with Crippen LogP contribution in [0.2, 0.25) is 0 Å². The van der Waals surface area contributed by atoms with E-state index in [4.69, 9.17) is 0 Å². The Labute approximate surface area is 121 Å². The number of benzene rings is 1. The number of phenols is 1. The van der Waals surface area contributed by atoms with Crippen molar-refractivity contribution in [1.82, 2.24) is 10.2 Å². The zero-order valence-corrected chi connectivity index (χ0v) is 13.0. The van der Waals surface area contributed by atoms with Crippen LogP contribution >= 0.6 is 0 Å². The molecule has 0 aliphatic rings. The van der Waals surface area contributed by atoms with Crippen molar-refractivity contribution in [2.75, 3.05) is 20.1 Å². The molecule has 0 aromatic heterocycles. The summed E-state index contributed by atoms with van der Waals surface area (Å²) in [5.41, 5.74) is 0.615. The van der Waals surface area contributed by atoms with Crippen LogP contribution in [-0.2, 0) is 0 Å². The molecule has 0 saturated carbocycles. The molecule has 3 nitrogen and oxygen atoms in total. The van der Waals surface area contributed by atoms with Gasteiger partial charge in [0.05, 0.1) is 0 Å². The lowest BCUT2D eigenvalue weighted by molar-refractivity contribution is 0.267. The van der Waals surface area contributed by atoms with Gasteiger partial charge in [-0.1, -0.05) is 0 Å². The van der Waals surface area contributed by atoms with E-state index in [-0.39, 0.29) is 17.6 Å². The van der Waals surface area contributed by atoms with Crippen LogP contribution in [0.3, 0.4) is 0 Å². The molecule has 1 aromatic rings. The minimum absolute atomic E-state index is 0.0477. The number of halogens is 1. The van der Waals surface area contributed by atoms with Gasteiger partial charge in [0.15, 0.2) is 0 Å². The van der Waals surface area contributed by atoms with Gasteiger partial charge in [0.2, 0.25) is 0 Å². The van der Waals surface area contributed by atoms with E-state index >= 15 is 0 Å². The smallest absolute Gasteiger partial charge is 0.123 e. The van der Waals surface area contributed by atoms with Gasteiger partial charge in [-0.3, -0.25) is 0 Å². The Hall–Kier alpha value is -1.13. The topological polar surface area (TPSA) is 35.5 Å². The molecule has 0 amide bonds. The van der Waals surface area contributed by atoms with Crippen LogP contribution in [0.1, 0.15) is 45.2 Å². The van der Waals surface area contributed by atoms with Crippen LogP contribution in [0.25, 0.3) is 0 Å². The van der Waals surface area contributed by atoms with Gasteiger partial charge in [-0.2, -0.15) is 0 Å².